The van der Waals surface area contributed by atoms with Gasteiger partial charge in [-0.1, -0.05) is 0 Å². The number of hydrogen-bond donors (Lipinski definition) is 1. The lowest BCUT2D eigenvalue weighted by molar-refractivity contribution is -0.0602. The van der Waals surface area contributed by atoms with E-state index in [4.69, 9.17) is 18.9 Å². The Morgan fingerprint density at radius 2 is 2.23 bits per heavy atom. The standard InChI is InChI=1S/C14H22N4O4/c1-19-6-11-9(20-2)4-12(22-11)18-8-17-13-10(21-3)5-15-7-16-14(13)18/h7-12H,4-6H2,1-3H3,(H,15,16)/t9-,10+,11+,12?/m0/s1. The maximum absolute atomic E-state index is 6.06. The SMILES string of the molecule is COC[C@H]1OC(n2cnc3c2N=CNC[C@H]3OC)C[C@@H]1OC. The van der Waals surface area contributed by atoms with Crippen LogP contribution in [-0.2, 0) is 18.9 Å². The highest BCUT2D eigenvalue weighted by Crippen LogP contribution is 2.36. The highest BCUT2D eigenvalue weighted by molar-refractivity contribution is 5.62. The molecule has 4 atom stereocenters. The topological polar surface area (TPSA) is 79.1 Å². The van der Waals surface area contributed by atoms with Crippen molar-refractivity contribution in [2.24, 2.45) is 4.99 Å². The first kappa shape index (κ1) is 15.4. The third-order valence-electron chi connectivity index (χ3n) is 4.09. The predicted octanol–water partition coefficient (Wildman–Crippen LogP) is 0.782. The van der Waals surface area contributed by atoms with E-state index in [9.17, 15) is 0 Å². The lowest BCUT2D eigenvalue weighted by Gasteiger charge is -2.16. The molecule has 8 nitrogen and oxygen atoms in total. The number of nitrogens with one attached hydrogen (secondary N) is 1. The summed E-state index contributed by atoms with van der Waals surface area (Å²) in [5.74, 6) is 0.759. The molecule has 0 bridgehead atoms. The second-order valence-electron chi connectivity index (χ2n) is 5.35. The van der Waals surface area contributed by atoms with E-state index in [1.807, 2.05) is 4.57 Å². The Balaban J connectivity index is 1.86. The molecule has 3 heterocycles. The smallest absolute Gasteiger partial charge is 0.162 e. The van der Waals surface area contributed by atoms with Crippen LogP contribution < -0.4 is 5.32 Å². The molecule has 0 saturated carbocycles. The molecule has 1 N–H and O–H groups in total. The van der Waals surface area contributed by atoms with E-state index in [2.05, 4.69) is 15.3 Å². The fourth-order valence-electron chi connectivity index (χ4n) is 2.93. The first-order chi connectivity index (χ1) is 10.8. The van der Waals surface area contributed by atoms with Crippen molar-refractivity contribution in [3.05, 3.63) is 12.0 Å². The third-order valence-corrected chi connectivity index (χ3v) is 4.09. The second-order valence-corrected chi connectivity index (χ2v) is 5.35. The summed E-state index contributed by atoms with van der Waals surface area (Å²) in [5.41, 5.74) is 0.816. The van der Waals surface area contributed by atoms with Crippen molar-refractivity contribution >= 4 is 12.2 Å². The molecule has 0 aromatic carbocycles. The molecular formula is C14H22N4O4. The van der Waals surface area contributed by atoms with E-state index in [-0.39, 0.29) is 24.5 Å². The molecule has 0 spiro atoms. The Hall–Kier alpha value is -1.48. The van der Waals surface area contributed by atoms with Gasteiger partial charge in [0.1, 0.15) is 24.1 Å². The Morgan fingerprint density at radius 3 is 2.95 bits per heavy atom. The van der Waals surface area contributed by atoms with Crippen LogP contribution in [0.4, 0.5) is 5.82 Å². The summed E-state index contributed by atoms with van der Waals surface area (Å²) in [6, 6.07) is 0. The number of aliphatic imine (C=N–C) groups is 1. The van der Waals surface area contributed by atoms with E-state index >= 15 is 0 Å². The van der Waals surface area contributed by atoms with Crippen LogP contribution in [-0.4, -0.2) is 62.6 Å². The van der Waals surface area contributed by atoms with Gasteiger partial charge >= 0.3 is 0 Å². The summed E-state index contributed by atoms with van der Waals surface area (Å²) in [6.45, 7) is 1.14. The van der Waals surface area contributed by atoms with Gasteiger partial charge in [0.2, 0.25) is 0 Å². The molecule has 22 heavy (non-hydrogen) atoms. The van der Waals surface area contributed by atoms with Gasteiger partial charge in [0.15, 0.2) is 5.82 Å². The number of imidazole rings is 1. The Morgan fingerprint density at radius 1 is 1.36 bits per heavy atom. The Labute approximate surface area is 129 Å². The Bertz CT molecular complexity index is 533. The van der Waals surface area contributed by atoms with Gasteiger partial charge in [0.05, 0.1) is 25.4 Å². The summed E-state index contributed by atoms with van der Waals surface area (Å²) in [7, 11) is 5.02. The summed E-state index contributed by atoms with van der Waals surface area (Å²) in [6.07, 6.45) is 3.76. The fourth-order valence-corrected chi connectivity index (χ4v) is 2.93. The number of hydrogen-bond acceptors (Lipinski definition) is 7. The number of rotatable bonds is 5. The largest absolute Gasteiger partial charge is 0.382 e. The van der Waals surface area contributed by atoms with Crippen molar-refractivity contribution in [1.82, 2.24) is 14.9 Å². The van der Waals surface area contributed by atoms with Crippen LogP contribution in [0, 0.1) is 0 Å². The van der Waals surface area contributed by atoms with Crippen molar-refractivity contribution in [1.29, 1.82) is 0 Å². The minimum Gasteiger partial charge on any atom is -0.382 e. The molecule has 122 valence electrons. The highest BCUT2D eigenvalue weighted by Gasteiger charge is 2.38. The van der Waals surface area contributed by atoms with Crippen molar-refractivity contribution in [3.63, 3.8) is 0 Å². The van der Waals surface area contributed by atoms with Gasteiger partial charge in [-0.2, -0.15) is 0 Å². The molecule has 1 unspecified atom stereocenters. The molecule has 1 saturated heterocycles. The molecule has 1 aromatic heterocycles. The number of methoxy groups -OCH3 is 3. The van der Waals surface area contributed by atoms with E-state index in [0.717, 1.165) is 17.9 Å². The molecule has 1 aromatic rings. The minimum absolute atomic E-state index is 0.00546. The molecule has 8 heteroatoms. The fraction of sp³-hybridized carbons (Fsp3) is 0.714. The Kier molecular flexibility index (Phi) is 4.72. The zero-order chi connectivity index (χ0) is 15.5. The number of ether oxygens (including phenoxy) is 4. The maximum atomic E-state index is 6.06. The lowest BCUT2D eigenvalue weighted by atomic mass is 10.2. The molecule has 0 radical (unpaired) electrons. The van der Waals surface area contributed by atoms with Crippen molar-refractivity contribution in [3.8, 4) is 0 Å². The normalized spacial score (nSPS) is 30.9. The van der Waals surface area contributed by atoms with E-state index in [1.165, 1.54) is 0 Å². The quantitative estimate of drug-likeness (QED) is 0.866. The summed E-state index contributed by atoms with van der Waals surface area (Å²) in [5, 5.41) is 3.09. The molecule has 3 rings (SSSR count). The van der Waals surface area contributed by atoms with Crippen molar-refractivity contribution < 1.29 is 18.9 Å². The number of fused-ring (bicyclic) bond motifs is 1. The van der Waals surface area contributed by atoms with Crippen LogP contribution in [0.3, 0.4) is 0 Å². The summed E-state index contributed by atoms with van der Waals surface area (Å²) in [4.78, 5) is 8.91. The summed E-state index contributed by atoms with van der Waals surface area (Å²) >= 11 is 0. The molecule has 2 aliphatic rings. The van der Waals surface area contributed by atoms with Crippen LogP contribution in [0.1, 0.15) is 24.4 Å². The minimum atomic E-state index is -0.172. The number of aromatic nitrogens is 2. The van der Waals surface area contributed by atoms with Crippen LogP contribution >= 0.6 is 0 Å². The summed E-state index contributed by atoms with van der Waals surface area (Å²) < 4.78 is 24.2. The third kappa shape index (κ3) is 2.74. The average Bonchev–Trinajstić information content (AvgIpc) is 3.06. The average molecular weight is 310 g/mol. The lowest BCUT2D eigenvalue weighted by Crippen LogP contribution is -2.27. The van der Waals surface area contributed by atoms with Gasteiger partial charge in [0.25, 0.3) is 0 Å². The monoisotopic (exact) mass is 310 g/mol. The molecule has 0 amide bonds. The molecular weight excluding hydrogens is 288 g/mol. The van der Waals surface area contributed by atoms with Gasteiger partial charge < -0.3 is 24.3 Å². The van der Waals surface area contributed by atoms with Crippen LogP contribution in [0.2, 0.25) is 0 Å². The van der Waals surface area contributed by atoms with Gasteiger partial charge in [-0.15, -0.1) is 0 Å². The van der Waals surface area contributed by atoms with Crippen LogP contribution in [0.5, 0.6) is 0 Å². The van der Waals surface area contributed by atoms with Crippen LogP contribution in [0.25, 0.3) is 0 Å². The zero-order valence-electron chi connectivity index (χ0n) is 13.1. The van der Waals surface area contributed by atoms with Crippen molar-refractivity contribution in [2.75, 3.05) is 34.5 Å². The second kappa shape index (κ2) is 6.74. The van der Waals surface area contributed by atoms with Gasteiger partial charge in [-0.25, -0.2) is 9.98 Å². The van der Waals surface area contributed by atoms with Gasteiger partial charge in [0, 0.05) is 34.3 Å². The van der Waals surface area contributed by atoms with Crippen molar-refractivity contribution in [2.45, 2.75) is 31.0 Å². The highest BCUT2D eigenvalue weighted by atomic mass is 16.6. The molecule has 2 aliphatic heterocycles. The van der Waals surface area contributed by atoms with E-state index in [1.54, 1.807) is 34.0 Å². The molecule has 0 aliphatic carbocycles. The number of nitrogens with zero attached hydrogens (tertiary/aromatic N) is 3. The van der Waals surface area contributed by atoms with Gasteiger partial charge in [-0.05, 0) is 0 Å². The maximum Gasteiger partial charge on any atom is 0.162 e. The first-order valence-corrected chi connectivity index (χ1v) is 7.31. The molecule has 1 fully saturated rings. The predicted molar refractivity (Wildman–Crippen MR) is 79.3 cm³/mol. The van der Waals surface area contributed by atoms with E-state index < -0.39 is 0 Å². The van der Waals surface area contributed by atoms with Crippen LogP contribution in [0.15, 0.2) is 11.3 Å². The van der Waals surface area contributed by atoms with Gasteiger partial charge in [-0.3, -0.25) is 4.57 Å². The first-order valence-electron chi connectivity index (χ1n) is 7.31. The van der Waals surface area contributed by atoms with E-state index in [0.29, 0.717) is 13.2 Å². The zero-order valence-corrected chi connectivity index (χ0v) is 13.1.